The van der Waals surface area contributed by atoms with Crippen LogP contribution in [0.15, 0.2) is 33.9 Å². The van der Waals surface area contributed by atoms with E-state index in [0.717, 1.165) is 35.0 Å². The molecule has 28 heavy (non-hydrogen) atoms. The van der Waals surface area contributed by atoms with Gasteiger partial charge in [0, 0.05) is 30.3 Å². The first-order valence-corrected chi connectivity index (χ1v) is 11.6. The van der Waals surface area contributed by atoms with Crippen molar-refractivity contribution in [2.75, 3.05) is 12.9 Å². The first-order valence-electron chi connectivity index (χ1n) is 9.28. The molecule has 0 bridgehead atoms. The number of ether oxygens (including phenoxy) is 1. The number of halogens is 1. The molecule has 1 aromatic rings. The quantitative estimate of drug-likeness (QED) is 0.486. The third-order valence-electron chi connectivity index (χ3n) is 5.06. The maximum absolute atomic E-state index is 12.7. The lowest BCUT2D eigenvalue weighted by atomic mass is 9.96. The molecule has 0 radical (unpaired) electrons. The van der Waals surface area contributed by atoms with E-state index in [1.54, 1.807) is 6.92 Å². The summed E-state index contributed by atoms with van der Waals surface area (Å²) in [6, 6.07) is 7.79. The number of rotatable bonds is 7. The van der Waals surface area contributed by atoms with Gasteiger partial charge in [-0.05, 0) is 48.6 Å². The highest BCUT2D eigenvalue weighted by atomic mass is 79.9. The molecule has 2 aliphatic heterocycles. The van der Waals surface area contributed by atoms with Gasteiger partial charge >= 0.3 is 0 Å². The molecule has 0 spiro atoms. The molecule has 2 heterocycles. The van der Waals surface area contributed by atoms with Gasteiger partial charge in [0.1, 0.15) is 6.10 Å². The fourth-order valence-electron chi connectivity index (χ4n) is 3.16. The fraction of sp³-hybridized carbons (Fsp3) is 0.579. The minimum absolute atomic E-state index is 0.264. The predicted octanol–water partition coefficient (Wildman–Crippen LogP) is 3.04. The topological polar surface area (TPSA) is 92.2 Å². The number of oxime groups is 1. The number of nitrogens with zero attached hydrogens (tertiary/aromatic N) is 1. The van der Waals surface area contributed by atoms with Gasteiger partial charge in [0.15, 0.2) is 6.29 Å². The maximum atomic E-state index is 12.7. The molecule has 154 valence electrons. The van der Waals surface area contributed by atoms with Gasteiger partial charge < -0.3 is 14.1 Å². The number of hydrogen-bond acceptors (Lipinski definition) is 6. The van der Waals surface area contributed by atoms with Crippen LogP contribution in [0.1, 0.15) is 44.6 Å². The van der Waals surface area contributed by atoms with Gasteiger partial charge in [0.25, 0.3) is 5.91 Å². The normalized spacial score (nSPS) is 25.4. The first-order chi connectivity index (χ1) is 13.4. The summed E-state index contributed by atoms with van der Waals surface area (Å²) >= 11 is 1.98. The lowest BCUT2D eigenvalue weighted by Gasteiger charge is -2.31. The maximum Gasteiger partial charge on any atom is 0.299 e. The smallest absolute Gasteiger partial charge is 0.299 e. The molecule has 4 atom stereocenters. The van der Waals surface area contributed by atoms with Crippen molar-refractivity contribution in [1.29, 1.82) is 0 Å². The van der Waals surface area contributed by atoms with Crippen molar-refractivity contribution in [1.82, 2.24) is 5.48 Å². The van der Waals surface area contributed by atoms with Crippen LogP contribution in [0.5, 0.6) is 0 Å². The lowest BCUT2D eigenvalue weighted by molar-refractivity contribution is -0.201. The number of benzene rings is 1. The van der Waals surface area contributed by atoms with Crippen LogP contribution >= 0.6 is 15.9 Å². The van der Waals surface area contributed by atoms with Crippen molar-refractivity contribution in [3.63, 3.8) is 0 Å². The van der Waals surface area contributed by atoms with E-state index in [4.69, 9.17) is 14.4 Å². The van der Waals surface area contributed by atoms with E-state index in [1.165, 1.54) is 6.26 Å². The molecule has 0 saturated carbocycles. The highest BCUT2D eigenvalue weighted by Gasteiger charge is 2.47. The molecule has 0 aliphatic carbocycles. The molecular weight excluding hydrogens is 448 g/mol. The van der Waals surface area contributed by atoms with Gasteiger partial charge in [0.05, 0.1) is 12.0 Å². The molecule has 0 aromatic heterocycles. The van der Waals surface area contributed by atoms with Crippen molar-refractivity contribution < 1.29 is 23.8 Å². The van der Waals surface area contributed by atoms with Crippen LogP contribution < -0.4 is 5.48 Å². The van der Waals surface area contributed by atoms with Gasteiger partial charge in [-0.2, -0.15) is 0 Å². The van der Waals surface area contributed by atoms with Crippen molar-refractivity contribution >= 4 is 38.7 Å². The minimum atomic E-state index is -1.43. The average Bonchev–Trinajstić information content (AvgIpc) is 3.15. The molecule has 1 fully saturated rings. The molecular formula is C19H25BrN2O5S. The van der Waals surface area contributed by atoms with Crippen LogP contribution in [0, 0.1) is 0 Å². The minimum Gasteiger partial charge on any atom is -0.616 e. The Hall–Kier alpha value is -1.13. The Morgan fingerprint density at radius 1 is 1.43 bits per heavy atom. The zero-order chi connectivity index (χ0) is 20.1. The van der Waals surface area contributed by atoms with Gasteiger partial charge in [-0.3, -0.25) is 4.79 Å². The summed E-state index contributed by atoms with van der Waals surface area (Å²) in [5, 5.41) is 4.16. The summed E-state index contributed by atoms with van der Waals surface area (Å²) < 4.78 is 17.7. The summed E-state index contributed by atoms with van der Waals surface area (Å²) in [4.78, 5) is 23.7. The fourth-order valence-corrected chi connectivity index (χ4v) is 4.14. The summed E-state index contributed by atoms with van der Waals surface area (Å²) in [5.74, 6) is -0.441. The van der Waals surface area contributed by atoms with E-state index in [-0.39, 0.29) is 12.5 Å². The number of hydrogen-bond donors (Lipinski definition) is 1. The zero-order valence-corrected chi connectivity index (χ0v) is 18.4. The third-order valence-corrected chi connectivity index (χ3v) is 7.21. The van der Waals surface area contributed by atoms with E-state index < -0.39 is 28.1 Å². The second-order valence-electron chi connectivity index (χ2n) is 7.21. The van der Waals surface area contributed by atoms with Crippen molar-refractivity contribution in [3.8, 4) is 0 Å². The number of nitrogens with one attached hydrogen (secondary N) is 1. The molecule has 7 nitrogen and oxygen atoms in total. The molecule has 3 rings (SSSR count). The van der Waals surface area contributed by atoms with Crippen LogP contribution in [-0.4, -0.2) is 46.2 Å². The van der Waals surface area contributed by atoms with Crippen LogP contribution in [0.3, 0.4) is 0 Å². The van der Waals surface area contributed by atoms with Gasteiger partial charge in [-0.15, -0.1) is 0 Å². The molecule has 9 heteroatoms. The first kappa shape index (κ1) is 21.6. The Bertz CT molecular complexity index is 709. The summed E-state index contributed by atoms with van der Waals surface area (Å²) in [6.45, 7) is 2.27. The number of carbonyl (C=O) groups excluding carboxylic acids is 1. The largest absolute Gasteiger partial charge is 0.616 e. The van der Waals surface area contributed by atoms with Crippen LogP contribution in [0.2, 0.25) is 0 Å². The number of carbonyl (C=O) groups is 1. The Kier molecular flexibility index (Phi) is 7.38. The van der Waals surface area contributed by atoms with Crippen molar-refractivity contribution in [2.24, 2.45) is 5.16 Å². The lowest BCUT2D eigenvalue weighted by Crippen LogP contribution is -2.52. The zero-order valence-electron chi connectivity index (χ0n) is 16.0. The monoisotopic (exact) mass is 472 g/mol. The number of amides is 1. The van der Waals surface area contributed by atoms with E-state index in [0.29, 0.717) is 13.0 Å². The van der Waals surface area contributed by atoms with Crippen molar-refractivity contribution in [3.05, 3.63) is 34.3 Å². The van der Waals surface area contributed by atoms with E-state index in [2.05, 4.69) is 26.6 Å². The molecule has 1 aromatic carbocycles. The van der Waals surface area contributed by atoms with Crippen LogP contribution in [-0.2, 0) is 30.4 Å². The number of hydroxylamine groups is 1. The third kappa shape index (κ3) is 5.27. The van der Waals surface area contributed by atoms with E-state index >= 15 is 0 Å². The standard InChI is InChI=1S/C19H25BrN2O5S/c1-19(28(2)24,18(23)22-27-17-5-3-4-10-25-17)12-15-11-16(21-26-15)13-6-8-14(20)9-7-13/h6-9,15,17H,3-5,10-12H2,1-2H3,(H,22,23). The van der Waals surface area contributed by atoms with Gasteiger partial charge in [-0.1, -0.05) is 33.2 Å². The van der Waals surface area contributed by atoms with Crippen LogP contribution in [0.25, 0.3) is 0 Å². The van der Waals surface area contributed by atoms with E-state index in [1.807, 2.05) is 24.3 Å². The summed E-state index contributed by atoms with van der Waals surface area (Å²) in [6.07, 6.45) is 4.25. The summed E-state index contributed by atoms with van der Waals surface area (Å²) in [7, 11) is 0. The molecule has 1 N–H and O–H groups in total. The van der Waals surface area contributed by atoms with Gasteiger partial charge in [-0.25, -0.2) is 10.3 Å². The molecule has 4 unspecified atom stereocenters. The molecule has 1 saturated heterocycles. The van der Waals surface area contributed by atoms with Crippen molar-refractivity contribution in [2.45, 2.75) is 56.2 Å². The average molecular weight is 473 g/mol. The highest BCUT2D eigenvalue weighted by Crippen LogP contribution is 2.30. The highest BCUT2D eigenvalue weighted by molar-refractivity contribution is 9.10. The Balaban J connectivity index is 1.57. The Labute approximate surface area is 176 Å². The predicted molar refractivity (Wildman–Crippen MR) is 110 cm³/mol. The molecule has 1 amide bonds. The Morgan fingerprint density at radius 2 is 2.18 bits per heavy atom. The van der Waals surface area contributed by atoms with Gasteiger partial charge in [0.2, 0.25) is 4.75 Å². The second kappa shape index (κ2) is 9.58. The SMILES string of the molecule is C[S+]([O-])C(C)(CC1CC(c2ccc(Br)cc2)=NO1)C(=O)NOC1CCCCO1. The van der Waals surface area contributed by atoms with E-state index in [9.17, 15) is 9.35 Å². The summed E-state index contributed by atoms with van der Waals surface area (Å²) in [5.41, 5.74) is 4.22. The Morgan fingerprint density at radius 3 is 2.82 bits per heavy atom. The second-order valence-corrected chi connectivity index (χ2v) is 9.94. The van der Waals surface area contributed by atoms with Crippen LogP contribution in [0.4, 0.5) is 0 Å². The molecule has 2 aliphatic rings.